The Morgan fingerprint density at radius 2 is 1.52 bits per heavy atom. The summed E-state index contributed by atoms with van der Waals surface area (Å²) >= 11 is 6.44. The van der Waals surface area contributed by atoms with Crippen molar-refractivity contribution in [3.63, 3.8) is 0 Å². The minimum absolute atomic E-state index is 0.00991. The molecule has 2 amide bonds. The van der Waals surface area contributed by atoms with Crippen LogP contribution in [-0.4, -0.2) is 51.4 Å². The number of amides is 2. The summed E-state index contributed by atoms with van der Waals surface area (Å²) in [6.07, 6.45) is 0.238. The van der Waals surface area contributed by atoms with Crippen molar-refractivity contribution in [1.82, 2.24) is 10.2 Å². The van der Waals surface area contributed by atoms with Crippen LogP contribution in [0.3, 0.4) is 0 Å². The van der Waals surface area contributed by atoms with E-state index in [1.54, 1.807) is 30.3 Å². The summed E-state index contributed by atoms with van der Waals surface area (Å²) < 4.78 is 34.6. The Balaban J connectivity index is 1.82. The van der Waals surface area contributed by atoms with Gasteiger partial charge in [0.05, 0.1) is 22.7 Å². The third kappa shape index (κ3) is 8.68. The minimum atomic E-state index is -4.24. The van der Waals surface area contributed by atoms with Gasteiger partial charge in [0.2, 0.25) is 11.8 Å². The SMILES string of the molecule is COc1ccc(N(CC(=O)N(Cc2ccccc2C)[C@H](Cc2ccccc2)C(=O)NCC(C)C)S(=O)(=O)c2ccccc2)cc1Cl. The van der Waals surface area contributed by atoms with Crippen LogP contribution in [0, 0.1) is 12.8 Å². The van der Waals surface area contributed by atoms with Crippen molar-refractivity contribution in [2.24, 2.45) is 5.92 Å². The lowest BCUT2D eigenvalue weighted by atomic mass is 10.0. The van der Waals surface area contributed by atoms with Gasteiger partial charge >= 0.3 is 0 Å². The molecule has 1 atom stereocenters. The number of methoxy groups -OCH3 is 1. The third-order valence-corrected chi connectivity index (χ3v) is 9.67. The van der Waals surface area contributed by atoms with Gasteiger partial charge in [-0.3, -0.25) is 13.9 Å². The molecule has 242 valence electrons. The van der Waals surface area contributed by atoms with Crippen LogP contribution >= 0.6 is 11.6 Å². The molecule has 4 aromatic carbocycles. The molecule has 0 aromatic heterocycles. The molecule has 0 aliphatic rings. The van der Waals surface area contributed by atoms with Crippen LogP contribution in [0.2, 0.25) is 5.02 Å². The molecule has 0 aliphatic heterocycles. The van der Waals surface area contributed by atoms with Crippen LogP contribution in [0.5, 0.6) is 5.75 Å². The Bertz CT molecular complexity index is 1730. The largest absolute Gasteiger partial charge is 0.495 e. The van der Waals surface area contributed by atoms with E-state index < -0.39 is 28.5 Å². The molecule has 4 rings (SSSR count). The number of nitrogens with one attached hydrogen (secondary N) is 1. The Kier molecular flexibility index (Phi) is 11.8. The average molecular weight is 662 g/mol. The first kappa shape index (κ1) is 34.5. The van der Waals surface area contributed by atoms with Gasteiger partial charge in [-0.05, 0) is 59.9 Å². The van der Waals surface area contributed by atoms with E-state index in [0.717, 1.165) is 21.0 Å². The monoisotopic (exact) mass is 661 g/mol. The van der Waals surface area contributed by atoms with Gasteiger partial charge in [-0.25, -0.2) is 8.42 Å². The predicted molar refractivity (Wildman–Crippen MR) is 182 cm³/mol. The molecular weight excluding hydrogens is 622 g/mol. The highest BCUT2D eigenvalue weighted by Gasteiger charge is 2.35. The molecule has 0 fully saturated rings. The molecule has 0 unspecified atom stereocenters. The molecule has 10 heteroatoms. The summed E-state index contributed by atoms with van der Waals surface area (Å²) in [7, 11) is -2.78. The van der Waals surface area contributed by atoms with Gasteiger partial charge in [0.15, 0.2) is 0 Å². The summed E-state index contributed by atoms with van der Waals surface area (Å²) in [5.41, 5.74) is 2.83. The molecule has 46 heavy (non-hydrogen) atoms. The standard InChI is InChI=1S/C36H40ClN3O5S/c1-26(2)23-38-36(42)33(21-28-14-7-5-8-15-28)39(24-29-16-12-11-13-27(29)3)35(41)25-40(30-19-20-34(45-4)32(37)22-30)46(43,44)31-17-9-6-10-18-31/h5-20,22,26,33H,21,23-25H2,1-4H3,(H,38,42)/t33-/m1/s1. The Hall–Kier alpha value is -4.34. The number of nitrogens with zero attached hydrogens (tertiary/aromatic N) is 2. The highest BCUT2D eigenvalue weighted by atomic mass is 35.5. The Labute approximate surface area is 277 Å². The van der Waals surface area contributed by atoms with E-state index in [2.05, 4.69) is 5.32 Å². The first-order chi connectivity index (χ1) is 22.0. The van der Waals surface area contributed by atoms with Gasteiger partial charge in [-0.15, -0.1) is 0 Å². The topological polar surface area (TPSA) is 96.0 Å². The van der Waals surface area contributed by atoms with Gasteiger partial charge in [0, 0.05) is 19.5 Å². The van der Waals surface area contributed by atoms with Crippen LogP contribution in [0.15, 0.2) is 108 Å². The average Bonchev–Trinajstić information content (AvgIpc) is 3.05. The second kappa shape index (κ2) is 15.8. The van der Waals surface area contributed by atoms with Crippen molar-refractivity contribution in [1.29, 1.82) is 0 Å². The van der Waals surface area contributed by atoms with Crippen molar-refractivity contribution in [2.45, 2.75) is 44.7 Å². The van der Waals surface area contributed by atoms with Crippen LogP contribution in [0.25, 0.3) is 0 Å². The van der Waals surface area contributed by atoms with Crippen molar-refractivity contribution >= 4 is 39.1 Å². The van der Waals surface area contributed by atoms with Crippen molar-refractivity contribution < 1.29 is 22.7 Å². The van der Waals surface area contributed by atoms with E-state index in [1.165, 1.54) is 30.2 Å². The number of carbonyl (C=O) groups excluding carboxylic acids is 2. The number of benzene rings is 4. The fraction of sp³-hybridized carbons (Fsp3) is 0.278. The number of halogens is 1. The summed E-state index contributed by atoms with van der Waals surface area (Å²) in [5.74, 6) is -0.312. The first-order valence-electron chi connectivity index (χ1n) is 15.1. The second-order valence-electron chi connectivity index (χ2n) is 11.4. The van der Waals surface area contributed by atoms with E-state index >= 15 is 0 Å². The number of hydrogen-bond acceptors (Lipinski definition) is 5. The molecule has 0 saturated heterocycles. The summed E-state index contributed by atoms with van der Waals surface area (Å²) in [6.45, 7) is 5.88. The lowest BCUT2D eigenvalue weighted by molar-refractivity contribution is -0.140. The van der Waals surface area contributed by atoms with Crippen LogP contribution in [0.1, 0.15) is 30.5 Å². The zero-order valence-corrected chi connectivity index (χ0v) is 28.1. The normalized spacial score (nSPS) is 12.0. The fourth-order valence-corrected chi connectivity index (χ4v) is 6.69. The van der Waals surface area contributed by atoms with E-state index in [9.17, 15) is 18.0 Å². The molecular formula is C36H40ClN3O5S. The molecule has 0 spiro atoms. The van der Waals surface area contributed by atoms with Gasteiger partial charge < -0.3 is 15.0 Å². The van der Waals surface area contributed by atoms with E-state index in [0.29, 0.717) is 12.3 Å². The van der Waals surface area contributed by atoms with Gasteiger partial charge in [-0.2, -0.15) is 0 Å². The number of hydrogen-bond donors (Lipinski definition) is 1. The molecule has 0 heterocycles. The number of anilines is 1. The summed E-state index contributed by atoms with van der Waals surface area (Å²) in [4.78, 5) is 30.0. The summed E-state index contributed by atoms with van der Waals surface area (Å²) in [6, 6.07) is 28.6. The van der Waals surface area contributed by atoms with Gasteiger partial charge in [0.1, 0.15) is 18.3 Å². The smallest absolute Gasteiger partial charge is 0.264 e. The molecule has 8 nitrogen and oxygen atoms in total. The fourth-order valence-electron chi connectivity index (χ4n) is 5.01. The van der Waals surface area contributed by atoms with Crippen LogP contribution in [-0.2, 0) is 32.6 Å². The quantitative estimate of drug-likeness (QED) is 0.172. The zero-order chi connectivity index (χ0) is 33.3. The van der Waals surface area contributed by atoms with Crippen molar-refractivity contribution in [3.8, 4) is 5.75 Å². The molecule has 0 aliphatic carbocycles. The van der Waals surface area contributed by atoms with E-state index in [4.69, 9.17) is 16.3 Å². The van der Waals surface area contributed by atoms with Crippen molar-refractivity contribution in [2.75, 3.05) is 24.5 Å². The third-order valence-electron chi connectivity index (χ3n) is 7.59. The first-order valence-corrected chi connectivity index (χ1v) is 16.9. The number of aryl methyl sites for hydroxylation is 1. The maximum Gasteiger partial charge on any atom is 0.264 e. The maximum atomic E-state index is 14.6. The number of carbonyl (C=O) groups is 2. The Morgan fingerprint density at radius 1 is 0.891 bits per heavy atom. The maximum absolute atomic E-state index is 14.6. The number of sulfonamides is 1. The van der Waals surface area contributed by atoms with Gasteiger partial charge in [0.25, 0.3) is 10.0 Å². The molecule has 1 N–H and O–H groups in total. The molecule has 4 aromatic rings. The molecule has 0 saturated carbocycles. The molecule has 0 bridgehead atoms. The lowest BCUT2D eigenvalue weighted by Crippen LogP contribution is -2.53. The second-order valence-corrected chi connectivity index (χ2v) is 13.7. The predicted octanol–water partition coefficient (Wildman–Crippen LogP) is 6.26. The van der Waals surface area contributed by atoms with Crippen LogP contribution in [0.4, 0.5) is 5.69 Å². The number of rotatable bonds is 14. The highest BCUT2D eigenvalue weighted by molar-refractivity contribution is 7.92. The Morgan fingerprint density at radius 3 is 2.13 bits per heavy atom. The molecule has 0 radical (unpaired) electrons. The summed E-state index contributed by atoms with van der Waals surface area (Å²) in [5, 5.41) is 3.19. The van der Waals surface area contributed by atoms with Crippen molar-refractivity contribution in [3.05, 3.63) is 125 Å². The minimum Gasteiger partial charge on any atom is -0.495 e. The van der Waals surface area contributed by atoms with E-state index in [1.807, 2.05) is 75.4 Å². The van der Waals surface area contributed by atoms with E-state index in [-0.39, 0.29) is 40.4 Å². The zero-order valence-electron chi connectivity index (χ0n) is 26.5. The lowest BCUT2D eigenvalue weighted by Gasteiger charge is -2.34. The number of ether oxygens (including phenoxy) is 1. The highest BCUT2D eigenvalue weighted by Crippen LogP contribution is 2.32. The van der Waals surface area contributed by atoms with Gasteiger partial charge in [-0.1, -0.05) is 98.2 Å². The van der Waals surface area contributed by atoms with Crippen LogP contribution < -0.4 is 14.4 Å².